The summed E-state index contributed by atoms with van der Waals surface area (Å²) in [5, 5.41) is 8.63. The lowest BCUT2D eigenvalue weighted by molar-refractivity contribution is 0.638. The first-order valence-corrected chi connectivity index (χ1v) is 7.51. The quantitative estimate of drug-likeness (QED) is 0.878. The number of aryl methyl sites for hydroxylation is 3. The molecule has 1 atom stereocenters. The van der Waals surface area contributed by atoms with Gasteiger partial charge in [0.1, 0.15) is 0 Å². The number of hydrogen-bond acceptors (Lipinski definition) is 5. The van der Waals surface area contributed by atoms with Crippen molar-refractivity contribution in [2.24, 2.45) is 12.8 Å². The number of nitrogens with two attached hydrogens (primary N) is 1. The van der Waals surface area contributed by atoms with Gasteiger partial charge < -0.3 is 5.73 Å². The first kappa shape index (κ1) is 14.1. The molecule has 2 aromatic heterocycles. The van der Waals surface area contributed by atoms with Gasteiger partial charge in [-0.3, -0.25) is 4.68 Å². The van der Waals surface area contributed by atoms with E-state index in [2.05, 4.69) is 34.6 Å². The van der Waals surface area contributed by atoms with Gasteiger partial charge in [-0.15, -0.1) is 5.10 Å². The highest BCUT2D eigenvalue weighted by Crippen LogP contribution is 2.23. The zero-order chi connectivity index (χ0) is 13.8. The lowest BCUT2D eigenvalue weighted by Gasteiger charge is -2.10. The second-order valence-corrected chi connectivity index (χ2v) is 5.53. The Morgan fingerprint density at radius 1 is 1.42 bits per heavy atom. The molecule has 0 radical (unpaired) electrons. The molecule has 0 saturated heterocycles. The van der Waals surface area contributed by atoms with E-state index in [4.69, 9.17) is 5.73 Å². The fourth-order valence-corrected chi connectivity index (χ4v) is 2.86. The summed E-state index contributed by atoms with van der Waals surface area (Å²) >= 11 is 1.42. The Balaban J connectivity index is 2.13. The van der Waals surface area contributed by atoms with E-state index in [-0.39, 0.29) is 6.04 Å². The van der Waals surface area contributed by atoms with E-state index in [0.29, 0.717) is 0 Å². The minimum atomic E-state index is -0.0401. The van der Waals surface area contributed by atoms with Crippen LogP contribution in [0.15, 0.2) is 6.07 Å². The SMILES string of the molecule is CCCc1nnsc1C(N)Cc1cc(CC)nn1C. The Morgan fingerprint density at radius 2 is 2.21 bits per heavy atom. The Bertz CT molecular complexity index is 531. The summed E-state index contributed by atoms with van der Waals surface area (Å²) in [6.45, 7) is 4.25. The average Bonchev–Trinajstić information content (AvgIpc) is 2.97. The zero-order valence-corrected chi connectivity index (χ0v) is 12.6. The van der Waals surface area contributed by atoms with Crippen LogP contribution in [0, 0.1) is 0 Å². The van der Waals surface area contributed by atoms with E-state index in [1.165, 1.54) is 17.2 Å². The van der Waals surface area contributed by atoms with Crippen LogP contribution in [0.3, 0.4) is 0 Å². The van der Waals surface area contributed by atoms with Crippen LogP contribution >= 0.6 is 11.5 Å². The van der Waals surface area contributed by atoms with E-state index in [1.807, 2.05) is 11.7 Å². The topological polar surface area (TPSA) is 69.6 Å². The Morgan fingerprint density at radius 3 is 2.84 bits per heavy atom. The van der Waals surface area contributed by atoms with Gasteiger partial charge in [-0.25, -0.2) is 0 Å². The van der Waals surface area contributed by atoms with Crippen molar-refractivity contribution in [2.45, 2.75) is 45.6 Å². The van der Waals surface area contributed by atoms with Crippen molar-refractivity contribution in [2.75, 3.05) is 0 Å². The molecule has 6 heteroatoms. The van der Waals surface area contributed by atoms with Crippen LogP contribution in [0.4, 0.5) is 0 Å². The van der Waals surface area contributed by atoms with E-state index in [9.17, 15) is 0 Å². The molecule has 0 saturated carbocycles. The van der Waals surface area contributed by atoms with Gasteiger partial charge in [-0.1, -0.05) is 24.8 Å². The Labute approximate surface area is 118 Å². The lowest BCUT2D eigenvalue weighted by atomic mass is 10.1. The van der Waals surface area contributed by atoms with Crippen LogP contribution in [-0.4, -0.2) is 19.4 Å². The van der Waals surface area contributed by atoms with Gasteiger partial charge >= 0.3 is 0 Å². The van der Waals surface area contributed by atoms with Gasteiger partial charge in [0.25, 0.3) is 0 Å². The maximum Gasteiger partial charge on any atom is 0.0803 e. The van der Waals surface area contributed by atoms with E-state index in [1.54, 1.807) is 0 Å². The van der Waals surface area contributed by atoms with Crippen LogP contribution in [0.25, 0.3) is 0 Å². The number of nitrogens with zero attached hydrogens (tertiary/aromatic N) is 4. The van der Waals surface area contributed by atoms with Gasteiger partial charge in [0, 0.05) is 25.2 Å². The highest BCUT2D eigenvalue weighted by molar-refractivity contribution is 7.05. The first-order chi connectivity index (χ1) is 9.15. The van der Waals surface area contributed by atoms with Crippen LogP contribution in [-0.2, 0) is 26.3 Å². The summed E-state index contributed by atoms with van der Waals surface area (Å²) in [7, 11) is 1.97. The fourth-order valence-electron chi connectivity index (χ4n) is 2.16. The van der Waals surface area contributed by atoms with Crippen LogP contribution in [0.1, 0.15) is 48.3 Å². The number of hydrogen-bond donors (Lipinski definition) is 1. The molecule has 0 spiro atoms. The van der Waals surface area contributed by atoms with Crippen molar-refractivity contribution in [1.82, 2.24) is 19.4 Å². The van der Waals surface area contributed by atoms with Crippen molar-refractivity contribution in [3.63, 3.8) is 0 Å². The van der Waals surface area contributed by atoms with Crippen molar-refractivity contribution in [1.29, 1.82) is 0 Å². The number of aromatic nitrogens is 4. The van der Waals surface area contributed by atoms with Gasteiger partial charge in [0.2, 0.25) is 0 Å². The molecule has 2 N–H and O–H groups in total. The molecular weight excluding hydrogens is 258 g/mol. The normalized spacial score (nSPS) is 12.8. The summed E-state index contributed by atoms with van der Waals surface area (Å²) in [5.41, 5.74) is 9.64. The minimum Gasteiger partial charge on any atom is -0.323 e. The molecule has 5 nitrogen and oxygen atoms in total. The molecule has 0 aliphatic rings. The molecular formula is C13H21N5S. The molecule has 19 heavy (non-hydrogen) atoms. The number of rotatable bonds is 6. The average molecular weight is 279 g/mol. The van der Waals surface area contributed by atoms with E-state index >= 15 is 0 Å². The van der Waals surface area contributed by atoms with Crippen molar-refractivity contribution in [3.05, 3.63) is 28.0 Å². The molecule has 0 fully saturated rings. The second-order valence-electron chi connectivity index (χ2n) is 4.75. The third kappa shape index (κ3) is 3.19. The first-order valence-electron chi connectivity index (χ1n) is 6.74. The molecule has 2 aromatic rings. The molecule has 2 heterocycles. The molecule has 104 valence electrons. The smallest absolute Gasteiger partial charge is 0.0803 e. The van der Waals surface area contributed by atoms with Crippen molar-refractivity contribution >= 4 is 11.5 Å². The Kier molecular flexibility index (Phi) is 4.66. The summed E-state index contributed by atoms with van der Waals surface area (Å²) in [4.78, 5) is 1.11. The monoisotopic (exact) mass is 279 g/mol. The molecule has 0 bridgehead atoms. The lowest BCUT2D eigenvalue weighted by Crippen LogP contribution is -2.15. The zero-order valence-electron chi connectivity index (χ0n) is 11.8. The van der Waals surface area contributed by atoms with E-state index in [0.717, 1.165) is 41.9 Å². The summed E-state index contributed by atoms with van der Waals surface area (Å²) in [6, 6.07) is 2.09. The van der Waals surface area contributed by atoms with Crippen molar-refractivity contribution < 1.29 is 0 Å². The maximum absolute atomic E-state index is 6.31. The van der Waals surface area contributed by atoms with Crippen LogP contribution < -0.4 is 5.73 Å². The molecule has 0 aliphatic heterocycles. The van der Waals surface area contributed by atoms with Gasteiger partial charge in [-0.2, -0.15) is 5.10 Å². The highest BCUT2D eigenvalue weighted by atomic mass is 32.1. The predicted octanol–water partition coefficient (Wildman–Crippen LogP) is 2.03. The highest BCUT2D eigenvalue weighted by Gasteiger charge is 2.17. The van der Waals surface area contributed by atoms with Gasteiger partial charge in [-0.05, 0) is 30.4 Å². The van der Waals surface area contributed by atoms with Gasteiger partial charge in [0.15, 0.2) is 0 Å². The molecule has 2 rings (SSSR count). The van der Waals surface area contributed by atoms with Crippen LogP contribution in [0.5, 0.6) is 0 Å². The minimum absolute atomic E-state index is 0.0401. The fraction of sp³-hybridized carbons (Fsp3) is 0.615. The third-order valence-electron chi connectivity index (χ3n) is 3.23. The molecule has 0 aromatic carbocycles. The molecule has 1 unspecified atom stereocenters. The summed E-state index contributed by atoms with van der Waals surface area (Å²) < 4.78 is 5.96. The second kappa shape index (κ2) is 6.25. The van der Waals surface area contributed by atoms with Crippen molar-refractivity contribution in [3.8, 4) is 0 Å². The van der Waals surface area contributed by atoms with Gasteiger partial charge in [0.05, 0.1) is 16.3 Å². The molecule has 0 amide bonds. The summed E-state index contributed by atoms with van der Waals surface area (Å²) in [6.07, 6.45) is 3.75. The maximum atomic E-state index is 6.31. The summed E-state index contributed by atoms with van der Waals surface area (Å²) in [5.74, 6) is 0. The van der Waals surface area contributed by atoms with Crippen LogP contribution in [0.2, 0.25) is 0 Å². The standard InChI is InChI=1S/C13H21N5S/c1-4-6-12-13(19-17-15-12)11(14)8-10-7-9(5-2)16-18(10)3/h7,11H,4-6,8,14H2,1-3H3. The Hall–Kier alpha value is -1.27. The van der Waals surface area contributed by atoms with E-state index < -0.39 is 0 Å². The largest absolute Gasteiger partial charge is 0.323 e. The predicted molar refractivity (Wildman–Crippen MR) is 77.1 cm³/mol. The molecule has 0 aliphatic carbocycles. The third-order valence-corrected chi connectivity index (χ3v) is 4.13.